The first-order valence-corrected chi connectivity index (χ1v) is 13.4. The number of ether oxygens (including phenoxy) is 1. The van der Waals surface area contributed by atoms with Crippen LogP contribution in [0.25, 0.3) is 20.4 Å². The molecule has 13 heteroatoms. The van der Waals surface area contributed by atoms with Crippen LogP contribution in [0.1, 0.15) is 20.7 Å². The molecule has 7 nitrogen and oxygen atoms in total. The largest absolute Gasteiger partial charge is 0.457 e. The molecule has 0 aliphatic carbocycles. The minimum Gasteiger partial charge on any atom is -0.457 e. The maximum Gasteiger partial charge on any atom is 0.257 e. The third-order valence-corrected chi connectivity index (χ3v) is 7.57. The Morgan fingerprint density at radius 3 is 1.39 bits per heavy atom. The van der Waals surface area contributed by atoms with Crippen molar-refractivity contribution >= 4 is 65.2 Å². The Morgan fingerprint density at radius 1 is 0.610 bits per heavy atom. The SMILES string of the molecule is O=C(Nc1nc2c(F)cc(F)cc2s1)c1ccc(Oc2ccc(C(=O)Nc3nc4c(F)cc(F)cc4s3)cc2)cc1. The standard InChI is InChI=1S/C28H14F4N4O3S2/c29-15-9-19(31)23-21(11-15)40-27(33-23)35-25(37)13-1-5-17(6-2-13)39-18-7-3-14(4-8-18)26(38)36-28-34-24-20(32)10-16(30)12-22(24)41-28/h1-12H,(H,33,35,37)(H,34,36,38). The molecule has 6 aromatic rings. The molecule has 0 spiro atoms. The Morgan fingerprint density at radius 2 is 1.00 bits per heavy atom. The Kier molecular flexibility index (Phi) is 6.81. The minimum atomic E-state index is -0.811. The highest BCUT2D eigenvalue weighted by molar-refractivity contribution is 7.22. The summed E-state index contributed by atoms with van der Waals surface area (Å²) in [6, 6.07) is 16.1. The van der Waals surface area contributed by atoms with Gasteiger partial charge in [-0.1, -0.05) is 22.7 Å². The van der Waals surface area contributed by atoms with Crippen LogP contribution in [-0.4, -0.2) is 21.8 Å². The van der Waals surface area contributed by atoms with Gasteiger partial charge in [0.25, 0.3) is 11.8 Å². The second-order valence-electron chi connectivity index (χ2n) is 8.57. The van der Waals surface area contributed by atoms with Crippen molar-refractivity contribution in [3.05, 3.63) is 107 Å². The van der Waals surface area contributed by atoms with Crippen molar-refractivity contribution in [3.63, 3.8) is 0 Å². The van der Waals surface area contributed by atoms with Gasteiger partial charge in [0.2, 0.25) is 0 Å². The van der Waals surface area contributed by atoms with Gasteiger partial charge in [-0.3, -0.25) is 20.2 Å². The number of thiazole rings is 2. The zero-order valence-corrected chi connectivity index (χ0v) is 22.0. The molecule has 0 saturated carbocycles. The van der Waals surface area contributed by atoms with E-state index in [0.717, 1.165) is 46.9 Å². The Hall–Kier alpha value is -4.88. The fourth-order valence-corrected chi connectivity index (χ4v) is 5.65. The van der Waals surface area contributed by atoms with Gasteiger partial charge in [0.15, 0.2) is 21.9 Å². The number of aromatic nitrogens is 2. The van der Waals surface area contributed by atoms with E-state index in [1.54, 1.807) is 24.3 Å². The lowest BCUT2D eigenvalue weighted by molar-refractivity contribution is 0.101. The van der Waals surface area contributed by atoms with Gasteiger partial charge < -0.3 is 4.74 Å². The van der Waals surface area contributed by atoms with E-state index in [1.807, 2.05) is 0 Å². The van der Waals surface area contributed by atoms with Crippen LogP contribution in [0.2, 0.25) is 0 Å². The maximum atomic E-state index is 13.9. The van der Waals surface area contributed by atoms with Crippen LogP contribution < -0.4 is 15.4 Å². The van der Waals surface area contributed by atoms with Crippen LogP contribution >= 0.6 is 22.7 Å². The zero-order chi connectivity index (χ0) is 28.7. The summed E-state index contributed by atoms with van der Waals surface area (Å²) in [5.74, 6) is -3.23. The number of carbonyl (C=O) groups excluding carboxylic acids is 2. The normalized spacial score (nSPS) is 11.1. The van der Waals surface area contributed by atoms with Gasteiger partial charge in [-0.15, -0.1) is 0 Å². The molecule has 2 heterocycles. The predicted octanol–water partition coefficient (Wildman–Crippen LogP) is 7.76. The molecule has 0 aliphatic heterocycles. The van der Waals surface area contributed by atoms with Crippen molar-refractivity contribution in [2.45, 2.75) is 0 Å². The van der Waals surface area contributed by atoms with Crippen molar-refractivity contribution in [2.75, 3.05) is 10.6 Å². The number of nitrogens with one attached hydrogen (secondary N) is 2. The van der Waals surface area contributed by atoms with Crippen LogP contribution in [0, 0.1) is 23.3 Å². The van der Waals surface area contributed by atoms with E-state index in [9.17, 15) is 27.2 Å². The van der Waals surface area contributed by atoms with Crippen molar-refractivity contribution in [1.29, 1.82) is 0 Å². The molecule has 2 aromatic heterocycles. The van der Waals surface area contributed by atoms with Crippen LogP contribution in [0.4, 0.5) is 27.8 Å². The lowest BCUT2D eigenvalue weighted by atomic mass is 10.2. The molecule has 0 fully saturated rings. The molecule has 6 rings (SSSR count). The molecule has 0 saturated heterocycles. The van der Waals surface area contributed by atoms with Gasteiger partial charge in [0.05, 0.1) is 9.40 Å². The molecule has 2 amide bonds. The number of benzene rings is 4. The first-order valence-electron chi connectivity index (χ1n) is 11.7. The summed E-state index contributed by atoms with van der Waals surface area (Å²) < 4.78 is 60.9. The number of anilines is 2. The molecule has 4 aromatic carbocycles. The van der Waals surface area contributed by atoms with Crippen LogP contribution in [0.15, 0.2) is 72.8 Å². The van der Waals surface area contributed by atoms with Crippen molar-refractivity contribution in [3.8, 4) is 11.5 Å². The molecular weight excluding hydrogens is 580 g/mol. The highest BCUT2D eigenvalue weighted by Gasteiger charge is 2.15. The highest BCUT2D eigenvalue weighted by atomic mass is 32.1. The summed E-state index contributed by atoms with van der Waals surface area (Å²) in [6.07, 6.45) is 0. The van der Waals surface area contributed by atoms with E-state index < -0.39 is 35.1 Å². The Labute approximate surface area is 236 Å². The lowest BCUT2D eigenvalue weighted by Crippen LogP contribution is -2.11. The van der Waals surface area contributed by atoms with Gasteiger partial charge in [0.1, 0.15) is 34.2 Å². The lowest BCUT2D eigenvalue weighted by Gasteiger charge is -2.08. The number of rotatable bonds is 6. The van der Waals surface area contributed by atoms with Crippen LogP contribution in [0.3, 0.4) is 0 Å². The highest BCUT2D eigenvalue weighted by Crippen LogP contribution is 2.31. The molecule has 41 heavy (non-hydrogen) atoms. The summed E-state index contributed by atoms with van der Waals surface area (Å²) in [6.45, 7) is 0. The van der Waals surface area contributed by atoms with Crippen molar-refractivity contribution < 1.29 is 31.9 Å². The van der Waals surface area contributed by atoms with Gasteiger partial charge >= 0.3 is 0 Å². The van der Waals surface area contributed by atoms with E-state index in [0.29, 0.717) is 11.5 Å². The van der Waals surface area contributed by atoms with E-state index >= 15 is 0 Å². The third kappa shape index (κ3) is 5.58. The molecule has 0 aliphatic rings. The second kappa shape index (κ2) is 10.6. The number of halogens is 4. The summed E-state index contributed by atoms with van der Waals surface area (Å²) in [5, 5.41) is 5.40. The topological polar surface area (TPSA) is 93.2 Å². The number of nitrogens with zero attached hydrogens (tertiary/aromatic N) is 2. The Bertz CT molecular complexity index is 1820. The summed E-state index contributed by atoms with van der Waals surface area (Å²) >= 11 is 1.90. The maximum absolute atomic E-state index is 13.9. The summed E-state index contributed by atoms with van der Waals surface area (Å²) in [7, 11) is 0. The molecule has 0 atom stereocenters. The average Bonchev–Trinajstić information content (AvgIpc) is 3.53. The van der Waals surface area contributed by atoms with Crippen LogP contribution in [-0.2, 0) is 0 Å². The number of hydrogen-bond acceptors (Lipinski definition) is 7. The fourth-order valence-electron chi connectivity index (χ4n) is 3.84. The molecule has 2 N–H and O–H groups in total. The van der Waals surface area contributed by atoms with Crippen molar-refractivity contribution in [2.24, 2.45) is 0 Å². The van der Waals surface area contributed by atoms with E-state index in [1.165, 1.54) is 24.3 Å². The second-order valence-corrected chi connectivity index (χ2v) is 10.6. The fraction of sp³-hybridized carbons (Fsp3) is 0. The van der Waals surface area contributed by atoms with Gasteiger partial charge in [0, 0.05) is 23.3 Å². The summed E-state index contributed by atoms with van der Waals surface area (Å²) in [4.78, 5) is 33.2. The third-order valence-electron chi connectivity index (χ3n) is 5.74. The van der Waals surface area contributed by atoms with Crippen molar-refractivity contribution in [1.82, 2.24) is 9.97 Å². The number of amides is 2. The first-order chi connectivity index (χ1) is 19.7. The number of fused-ring (bicyclic) bond motifs is 2. The van der Waals surface area contributed by atoms with E-state index in [4.69, 9.17) is 4.74 Å². The number of hydrogen-bond donors (Lipinski definition) is 2. The first kappa shape index (κ1) is 26.3. The van der Waals surface area contributed by atoms with E-state index in [-0.39, 0.29) is 41.8 Å². The summed E-state index contributed by atoms with van der Waals surface area (Å²) in [5.41, 5.74) is 0.519. The zero-order valence-electron chi connectivity index (χ0n) is 20.4. The average molecular weight is 595 g/mol. The van der Waals surface area contributed by atoms with E-state index in [2.05, 4.69) is 20.6 Å². The Balaban J connectivity index is 1.08. The van der Waals surface area contributed by atoms with Gasteiger partial charge in [-0.05, 0) is 60.7 Å². The molecule has 0 unspecified atom stereocenters. The molecule has 204 valence electrons. The van der Waals surface area contributed by atoms with Gasteiger partial charge in [-0.2, -0.15) is 0 Å². The monoisotopic (exact) mass is 594 g/mol. The number of carbonyl (C=O) groups is 2. The smallest absolute Gasteiger partial charge is 0.257 e. The molecule has 0 bridgehead atoms. The molecular formula is C28H14F4N4O3S2. The van der Waals surface area contributed by atoms with Crippen LogP contribution in [0.5, 0.6) is 11.5 Å². The minimum absolute atomic E-state index is 0.0252. The van der Waals surface area contributed by atoms with Gasteiger partial charge in [-0.25, -0.2) is 27.5 Å². The predicted molar refractivity (Wildman–Crippen MR) is 148 cm³/mol. The molecule has 0 radical (unpaired) electrons. The quantitative estimate of drug-likeness (QED) is 0.192.